The summed E-state index contributed by atoms with van der Waals surface area (Å²) in [4.78, 5) is 10.7. The molecule has 1 aromatic heterocycles. The Hall–Kier alpha value is -2.06. The summed E-state index contributed by atoms with van der Waals surface area (Å²) in [6, 6.07) is 6.75. The molecule has 2 aliphatic rings. The van der Waals surface area contributed by atoms with Crippen molar-refractivity contribution in [3.8, 4) is 0 Å². The van der Waals surface area contributed by atoms with Gasteiger partial charge in [-0.2, -0.15) is 4.31 Å². The van der Waals surface area contributed by atoms with Gasteiger partial charge in [-0.05, 0) is 36.8 Å². The molecule has 8 heteroatoms. The smallest absolute Gasteiger partial charge is 0.243 e. The fourth-order valence-corrected chi connectivity index (χ4v) is 5.11. The van der Waals surface area contributed by atoms with Gasteiger partial charge in [0, 0.05) is 44.0 Å². The minimum atomic E-state index is -3.55. The van der Waals surface area contributed by atoms with Crippen LogP contribution in [0.1, 0.15) is 6.42 Å². The van der Waals surface area contributed by atoms with Crippen molar-refractivity contribution in [3.63, 3.8) is 0 Å². The standard InChI is InChI=1S/C16H17FN4O2S/c17-13-2-4-14(5-3-13)24(22,23)21-11-16(12-21)6-9-20(10-16)15-18-7-1-8-19-15/h1-5,7-8H,6,9-12H2. The summed E-state index contributed by atoms with van der Waals surface area (Å²) >= 11 is 0. The highest BCUT2D eigenvalue weighted by molar-refractivity contribution is 7.89. The summed E-state index contributed by atoms with van der Waals surface area (Å²) in [5.41, 5.74) is -0.0354. The third kappa shape index (κ3) is 2.55. The quantitative estimate of drug-likeness (QED) is 0.841. The van der Waals surface area contributed by atoms with Gasteiger partial charge in [0.05, 0.1) is 4.90 Å². The second kappa shape index (κ2) is 5.49. The third-order valence-corrected chi connectivity index (χ3v) is 6.55. The lowest BCUT2D eigenvalue weighted by molar-refractivity contribution is 0.0935. The first kappa shape index (κ1) is 15.5. The van der Waals surface area contributed by atoms with E-state index >= 15 is 0 Å². The van der Waals surface area contributed by atoms with Gasteiger partial charge < -0.3 is 4.90 Å². The van der Waals surface area contributed by atoms with Crippen molar-refractivity contribution in [2.75, 3.05) is 31.1 Å². The molecule has 0 saturated carbocycles. The summed E-state index contributed by atoms with van der Waals surface area (Å²) in [5.74, 6) is 0.248. The van der Waals surface area contributed by atoms with Crippen molar-refractivity contribution in [3.05, 3.63) is 48.5 Å². The molecule has 0 bridgehead atoms. The van der Waals surface area contributed by atoms with Crippen LogP contribution in [-0.4, -0.2) is 48.9 Å². The Labute approximate surface area is 140 Å². The third-order valence-electron chi connectivity index (χ3n) is 4.75. The Morgan fingerprint density at radius 3 is 2.38 bits per heavy atom. The maximum atomic E-state index is 13.0. The number of sulfonamides is 1. The lowest BCUT2D eigenvalue weighted by atomic mass is 9.81. The molecule has 1 aromatic carbocycles. The van der Waals surface area contributed by atoms with Crippen LogP contribution in [0.3, 0.4) is 0 Å². The summed E-state index contributed by atoms with van der Waals surface area (Å²) < 4.78 is 39.6. The Morgan fingerprint density at radius 2 is 1.71 bits per heavy atom. The van der Waals surface area contributed by atoms with E-state index in [4.69, 9.17) is 0 Å². The summed E-state index contributed by atoms with van der Waals surface area (Å²) in [5, 5.41) is 0. The van der Waals surface area contributed by atoms with Crippen LogP contribution in [0.25, 0.3) is 0 Å². The van der Waals surface area contributed by atoms with E-state index in [1.54, 1.807) is 18.5 Å². The number of hydrogen-bond donors (Lipinski definition) is 0. The van der Waals surface area contributed by atoms with Crippen LogP contribution in [0.15, 0.2) is 47.6 Å². The van der Waals surface area contributed by atoms with Crippen molar-refractivity contribution in [1.82, 2.24) is 14.3 Å². The van der Waals surface area contributed by atoms with Crippen molar-refractivity contribution >= 4 is 16.0 Å². The molecule has 6 nitrogen and oxygen atoms in total. The number of nitrogens with zero attached hydrogens (tertiary/aromatic N) is 4. The maximum Gasteiger partial charge on any atom is 0.243 e. The SMILES string of the molecule is O=S(=O)(c1ccc(F)cc1)N1CC2(CCN(c3ncccn3)C2)C1. The van der Waals surface area contributed by atoms with E-state index in [1.807, 2.05) is 0 Å². The largest absolute Gasteiger partial charge is 0.340 e. The number of halogens is 1. The number of rotatable bonds is 3. The monoisotopic (exact) mass is 348 g/mol. The zero-order chi connectivity index (χ0) is 16.8. The van der Waals surface area contributed by atoms with Crippen LogP contribution in [-0.2, 0) is 10.0 Å². The number of aromatic nitrogens is 2. The first-order valence-corrected chi connectivity index (χ1v) is 9.20. The Bertz CT molecular complexity index is 836. The predicted molar refractivity (Wildman–Crippen MR) is 86.5 cm³/mol. The van der Waals surface area contributed by atoms with Gasteiger partial charge in [0.25, 0.3) is 0 Å². The fourth-order valence-electron chi connectivity index (χ4n) is 3.45. The van der Waals surface area contributed by atoms with E-state index < -0.39 is 15.8 Å². The van der Waals surface area contributed by atoms with Gasteiger partial charge in [-0.3, -0.25) is 0 Å². The minimum absolute atomic E-state index is 0.0354. The summed E-state index contributed by atoms with van der Waals surface area (Å²) in [7, 11) is -3.55. The molecule has 1 spiro atoms. The normalized spacial score (nSPS) is 20.3. The molecule has 3 heterocycles. The van der Waals surface area contributed by atoms with E-state index in [9.17, 15) is 12.8 Å². The zero-order valence-electron chi connectivity index (χ0n) is 13.0. The molecule has 0 aliphatic carbocycles. The highest BCUT2D eigenvalue weighted by Gasteiger charge is 2.52. The predicted octanol–water partition coefficient (Wildman–Crippen LogP) is 1.52. The van der Waals surface area contributed by atoms with E-state index in [0.717, 1.165) is 19.5 Å². The van der Waals surface area contributed by atoms with Crippen LogP contribution in [0.4, 0.5) is 10.3 Å². The molecular formula is C16H17FN4O2S. The Balaban J connectivity index is 1.45. The molecule has 0 amide bonds. The zero-order valence-corrected chi connectivity index (χ0v) is 13.8. The second-order valence-corrected chi connectivity index (χ2v) is 8.39. The first-order chi connectivity index (χ1) is 11.5. The van der Waals surface area contributed by atoms with E-state index in [2.05, 4.69) is 14.9 Å². The molecule has 0 unspecified atom stereocenters. The molecule has 0 atom stereocenters. The summed E-state index contributed by atoms with van der Waals surface area (Å²) in [6.07, 6.45) is 4.33. The molecule has 126 valence electrons. The van der Waals surface area contributed by atoms with Crippen molar-refractivity contribution in [2.24, 2.45) is 5.41 Å². The van der Waals surface area contributed by atoms with Crippen LogP contribution >= 0.6 is 0 Å². The molecular weight excluding hydrogens is 331 g/mol. The van der Waals surface area contributed by atoms with Gasteiger partial charge in [-0.15, -0.1) is 0 Å². The van der Waals surface area contributed by atoms with Crippen LogP contribution < -0.4 is 4.90 Å². The van der Waals surface area contributed by atoms with Gasteiger partial charge in [-0.1, -0.05) is 0 Å². The molecule has 2 aromatic rings. The second-order valence-electron chi connectivity index (χ2n) is 6.45. The molecule has 2 aliphatic heterocycles. The fraction of sp³-hybridized carbons (Fsp3) is 0.375. The molecule has 24 heavy (non-hydrogen) atoms. The van der Waals surface area contributed by atoms with Gasteiger partial charge in [0.15, 0.2) is 0 Å². The highest BCUT2D eigenvalue weighted by atomic mass is 32.2. The van der Waals surface area contributed by atoms with Crippen LogP contribution in [0.2, 0.25) is 0 Å². The van der Waals surface area contributed by atoms with Gasteiger partial charge in [0.2, 0.25) is 16.0 Å². The van der Waals surface area contributed by atoms with E-state index in [1.165, 1.54) is 28.6 Å². The van der Waals surface area contributed by atoms with Crippen LogP contribution in [0, 0.1) is 11.2 Å². The van der Waals surface area contributed by atoms with Gasteiger partial charge in [0.1, 0.15) is 5.82 Å². The molecule has 2 saturated heterocycles. The average molecular weight is 348 g/mol. The first-order valence-electron chi connectivity index (χ1n) is 7.76. The Kier molecular flexibility index (Phi) is 3.54. The number of anilines is 1. The average Bonchev–Trinajstić information content (AvgIpc) is 3.00. The van der Waals surface area contributed by atoms with E-state index in [0.29, 0.717) is 19.0 Å². The molecule has 0 N–H and O–H groups in total. The number of hydrogen-bond acceptors (Lipinski definition) is 5. The van der Waals surface area contributed by atoms with Crippen LogP contribution in [0.5, 0.6) is 0 Å². The number of benzene rings is 1. The molecule has 0 radical (unpaired) electrons. The summed E-state index contributed by atoms with van der Waals surface area (Å²) in [6.45, 7) is 2.55. The van der Waals surface area contributed by atoms with Crippen molar-refractivity contribution < 1.29 is 12.8 Å². The molecule has 4 rings (SSSR count). The van der Waals surface area contributed by atoms with Gasteiger partial charge in [-0.25, -0.2) is 22.8 Å². The Morgan fingerprint density at radius 1 is 1.04 bits per heavy atom. The van der Waals surface area contributed by atoms with Crippen molar-refractivity contribution in [2.45, 2.75) is 11.3 Å². The lowest BCUT2D eigenvalue weighted by Gasteiger charge is -2.46. The highest BCUT2D eigenvalue weighted by Crippen LogP contribution is 2.42. The van der Waals surface area contributed by atoms with Crippen molar-refractivity contribution in [1.29, 1.82) is 0 Å². The van der Waals surface area contributed by atoms with Gasteiger partial charge >= 0.3 is 0 Å². The molecule has 2 fully saturated rings. The lowest BCUT2D eigenvalue weighted by Crippen LogP contribution is -2.59. The topological polar surface area (TPSA) is 66.4 Å². The maximum absolute atomic E-state index is 13.0. The van der Waals surface area contributed by atoms with E-state index in [-0.39, 0.29) is 10.3 Å². The minimum Gasteiger partial charge on any atom is -0.340 e.